The number of amides is 1. The molecule has 0 bridgehead atoms. The van der Waals surface area contributed by atoms with Gasteiger partial charge in [0.15, 0.2) is 0 Å². The lowest BCUT2D eigenvalue weighted by atomic mass is 9.79. The fraction of sp³-hybridized carbons (Fsp3) is 0.700. The fourth-order valence-corrected chi connectivity index (χ4v) is 2.45. The monoisotopic (exact) mass is 165 g/mol. The zero-order chi connectivity index (χ0) is 8.72. The number of fused-ring (bicyclic) bond motifs is 1. The average Bonchev–Trinajstić information content (AvgIpc) is 2.28. The Kier molecular flexibility index (Phi) is 1.71. The molecule has 0 aromatic heterocycles. The standard InChI is InChI=1S/C10H15NO/c1-7-3-4-9-8(5-7)6-11(2)10(9)12/h8-9H,1,3-6H2,2H3. The van der Waals surface area contributed by atoms with Crippen LogP contribution in [0, 0.1) is 11.8 Å². The molecule has 1 amide bonds. The molecule has 2 fully saturated rings. The molecule has 0 aromatic carbocycles. The molecule has 2 unspecified atom stereocenters. The smallest absolute Gasteiger partial charge is 0.225 e. The predicted octanol–water partition coefficient (Wildman–Crippen LogP) is 1.43. The van der Waals surface area contributed by atoms with E-state index in [9.17, 15) is 4.79 Å². The van der Waals surface area contributed by atoms with E-state index in [4.69, 9.17) is 0 Å². The normalized spacial score (nSPS) is 35.6. The average molecular weight is 165 g/mol. The highest BCUT2D eigenvalue weighted by atomic mass is 16.2. The Morgan fingerprint density at radius 3 is 3.08 bits per heavy atom. The van der Waals surface area contributed by atoms with E-state index in [2.05, 4.69) is 6.58 Å². The number of hydrogen-bond acceptors (Lipinski definition) is 1. The van der Waals surface area contributed by atoms with Crippen LogP contribution >= 0.6 is 0 Å². The predicted molar refractivity (Wildman–Crippen MR) is 47.6 cm³/mol. The maximum absolute atomic E-state index is 11.5. The van der Waals surface area contributed by atoms with Gasteiger partial charge in [0.25, 0.3) is 0 Å². The summed E-state index contributed by atoms with van der Waals surface area (Å²) < 4.78 is 0. The molecule has 1 aliphatic heterocycles. The summed E-state index contributed by atoms with van der Waals surface area (Å²) in [4.78, 5) is 13.4. The summed E-state index contributed by atoms with van der Waals surface area (Å²) in [5, 5.41) is 0. The van der Waals surface area contributed by atoms with E-state index in [1.807, 2.05) is 11.9 Å². The summed E-state index contributed by atoms with van der Waals surface area (Å²) in [6, 6.07) is 0. The third-order valence-electron chi connectivity index (χ3n) is 3.13. The van der Waals surface area contributed by atoms with Crippen molar-refractivity contribution in [3.63, 3.8) is 0 Å². The van der Waals surface area contributed by atoms with Gasteiger partial charge >= 0.3 is 0 Å². The largest absolute Gasteiger partial charge is 0.345 e. The molecule has 2 rings (SSSR count). The van der Waals surface area contributed by atoms with Crippen molar-refractivity contribution >= 4 is 5.91 Å². The van der Waals surface area contributed by atoms with Crippen LogP contribution in [0.2, 0.25) is 0 Å². The second-order valence-corrected chi connectivity index (χ2v) is 4.08. The molecular weight excluding hydrogens is 150 g/mol. The minimum Gasteiger partial charge on any atom is -0.345 e. The lowest BCUT2D eigenvalue weighted by molar-refractivity contribution is -0.130. The van der Waals surface area contributed by atoms with Crippen LogP contribution in [0.1, 0.15) is 19.3 Å². The van der Waals surface area contributed by atoms with E-state index in [1.54, 1.807) is 0 Å². The van der Waals surface area contributed by atoms with Crippen molar-refractivity contribution in [1.29, 1.82) is 0 Å². The number of rotatable bonds is 0. The number of hydrogen-bond donors (Lipinski definition) is 0. The molecule has 66 valence electrons. The van der Waals surface area contributed by atoms with Crippen molar-refractivity contribution in [2.24, 2.45) is 11.8 Å². The molecule has 2 aliphatic rings. The van der Waals surface area contributed by atoms with E-state index in [-0.39, 0.29) is 0 Å². The molecule has 12 heavy (non-hydrogen) atoms. The van der Waals surface area contributed by atoms with Crippen molar-refractivity contribution in [3.05, 3.63) is 12.2 Å². The van der Waals surface area contributed by atoms with E-state index in [0.717, 1.165) is 25.8 Å². The van der Waals surface area contributed by atoms with Gasteiger partial charge in [0.05, 0.1) is 0 Å². The first-order chi connectivity index (χ1) is 5.68. The lowest BCUT2D eigenvalue weighted by Crippen LogP contribution is -2.23. The molecule has 1 heterocycles. The minimum atomic E-state index is 0.320. The number of nitrogens with zero attached hydrogens (tertiary/aromatic N) is 1. The van der Waals surface area contributed by atoms with Gasteiger partial charge in [-0.3, -0.25) is 4.79 Å². The zero-order valence-electron chi connectivity index (χ0n) is 7.55. The van der Waals surface area contributed by atoms with Gasteiger partial charge in [0.1, 0.15) is 0 Å². The molecule has 2 atom stereocenters. The van der Waals surface area contributed by atoms with Gasteiger partial charge in [-0.1, -0.05) is 12.2 Å². The van der Waals surface area contributed by atoms with Crippen LogP contribution in [0.25, 0.3) is 0 Å². The van der Waals surface area contributed by atoms with Gasteiger partial charge in [0.2, 0.25) is 5.91 Å². The molecule has 0 spiro atoms. The summed E-state index contributed by atoms with van der Waals surface area (Å²) in [5.74, 6) is 1.25. The summed E-state index contributed by atoms with van der Waals surface area (Å²) in [7, 11) is 1.91. The third-order valence-corrected chi connectivity index (χ3v) is 3.13. The highest BCUT2D eigenvalue weighted by Crippen LogP contribution is 2.38. The van der Waals surface area contributed by atoms with Crippen LogP contribution in [0.15, 0.2) is 12.2 Å². The number of allylic oxidation sites excluding steroid dienone is 1. The Hall–Kier alpha value is -0.790. The van der Waals surface area contributed by atoms with Crippen LogP contribution in [0.4, 0.5) is 0 Å². The summed E-state index contributed by atoms with van der Waals surface area (Å²) in [6.45, 7) is 4.94. The summed E-state index contributed by atoms with van der Waals surface area (Å²) in [5.41, 5.74) is 1.33. The molecular formula is C10H15NO. The molecule has 0 aromatic rings. The Labute approximate surface area is 73.2 Å². The number of likely N-dealkylation sites (tertiary alicyclic amines) is 1. The van der Waals surface area contributed by atoms with Crippen LogP contribution in [-0.2, 0) is 4.79 Å². The molecule has 1 saturated carbocycles. The maximum atomic E-state index is 11.5. The van der Waals surface area contributed by atoms with Gasteiger partial charge in [0, 0.05) is 19.5 Å². The SMILES string of the molecule is C=C1CCC2C(=O)N(C)CC2C1. The zero-order valence-corrected chi connectivity index (χ0v) is 7.55. The van der Waals surface area contributed by atoms with Crippen molar-refractivity contribution in [3.8, 4) is 0 Å². The van der Waals surface area contributed by atoms with Crippen molar-refractivity contribution in [2.45, 2.75) is 19.3 Å². The van der Waals surface area contributed by atoms with Gasteiger partial charge in [-0.2, -0.15) is 0 Å². The number of carbonyl (C=O) groups is 1. The van der Waals surface area contributed by atoms with Crippen molar-refractivity contribution in [2.75, 3.05) is 13.6 Å². The fourth-order valence-electron chi connectivity index (χ4n) is 2.45. The summed E-state index contributed by atoms with van der Waals surface area (Å²) in [6.07, 6.45) is 3.16. The van der Waals surface area contributed by atoms with E-state index in [0.29, 0.717) is 17.7 Å². The molecule has 2 heteroatoms. The first-order valence-corrected chi connectivity index (χ1v) is 4.60. The third kappa shape index (κ3) is 1.06. The Balaban J connectivity index is 2.14. The minimum absolute atomic E-state index is 0.320. The van der Waals surface area contributed by atoms with Crippen molar-refractivity contribution in [1.82, 2.24) is 4.90 Å². The Bertz CT molecular complexity index is 234. The van der Waals surface area contributed by atoms with Crippen LogP contribution in [0.3, 0.4) is 0 Å². The van der Waals surface area contributed by atoms with Gasteiger partial charge in [-0.15, -0.1) is 0 Å². The van der Waals surface area contributed by atoms with Gasteiger partial charge in [-0.25, -0.2) is 0 Å². The van der Waals surface area contributed by atoms with E-state index < -0.39 is 0 Å². The molecule has 1 saturated heterocycles. The van der Waals surface area contributed by atoms with Crippen LogP contribution < -0.4 is 0 Å². The second-order valence-electron chi connectivity index (χ2n) is 4.08. The van der Waals surface area contributed by atoms with Gasteiger partial charge < -0.3 is 4.90 Å². The first kappa shape index (κ1) is 7.84. The highest BCUT2D eigenvalue weighted by molar-refractivity contribution is 5.81. The highest BCUT2D eigenvalue weighted by Gasteiger charge is 2.40. The molecule has 1 aliphatic carbocycles. The van der Waals surface area contributed by atoms with Crippen LogP contribution in [-0.4, -0.2) is 24.4 Å². The van der Waals surface area contributed by atoms with Gasteiger partial charge in [-0.05, 0) is 25.2 Å². The molecule has 0 radical (unpaired) electrons. The molecule has 2 nitrogen and oxygen atoms in total. The van der Waals surface area contributed by atoms with Crippen molar-refractivity contribution < 1.29 is 4.79 Å². The van der Waals surface area contributed by atoms with Crippen LogP contribution in [0.5, 0.6) is 0 Å². The first-order valence-electron chi connectivity index (χ1n) is 4.60. The quantitative estimate of drug-likeness (QED) is 0.497. The molecule has 0 N–H and O–H groups in total. The maximum Gasteiger partial charge on any atom is 0.225 e. The number of carbonyl (C=O) groups excluding carboxylic acids is 1. The Morgan fingerprint density at radius 2 is 2.33 bits per heavy atom. The lowest BCUT2D eigenvalue weighted by Gasteiger charge is -2.23. The second kappa shape index (κ2) is 2.61. The topological polar surface area (TPSA) is 20.3 Å². The Morgan fingerprint density at radius 1 is 1.58 bits per heavy atom. The summed E-state index contributed by atoms with van der Waals surface area (Å²) >= 11 is 0. The van der Waals surface area contributed by atoms with E-state index >= 15 is 0 Å². The van der Waals surface area contributed by atoms with E-state index in [1.165, 1.54) is 5.57 Å².